The van der Waals surface area contributed by atoms with Gasteiger partial charge in [-0.3, -0.25) is 4.79 Å². The van der Waals surface area contributed by atoms with Gasteiger partial charge in [-0.15, -0.1) is 0 Å². The van der Waals surface area contributed by atoms with Gasteiger partial charge in [-0.05, 0) is 24.1 Å². The Morgan fingerprint density at radius 3 is 1.98 bits per heavy atom. The van der Waals surface area contributed by atoms with Crippen molar-refractivity contribution in [3.05, 3.63) is 92.2 Å². The number of ether oxygens (including phenoxy) is 5. The molecule has 4 rings (SSSR count). The molecule has 0 spiro atoms. The second-order valence-electron chi connectivity index (χ2n) is 9.05. The summed E-state index contributed by atoms with van der Waals surface area (Å²) in [5.74, 6) is -3.61. The molecule has 2 aromatic rings. The zero-order valence-corrected chi connectivity index (χ0v) is 23.7. The summed E-state index contributed by atoms with van der Waals surface area (Å²) in [6, 6.07) is 14.4. The zero-order valence-electron chi connectivity index (χ0n) is 22.2. The summed E-state index contributed by atoms with van der Waals surface area (Å²) >= 11 is 13.3. The first kappa shape index (κ1) is 29.6. The molecule has 2 unspecified atom stereocenters. The molecule has 2 atom stereocenters. The van der Waals surface area contributed by atoms with Crippen LogP contribution in [0.2, 0.25) is 10.0 Å². The number of benzene rings is 2. The Morgan fingerprint density at radius 2 is 1.43 bits per heavy atom. The van der Waals surface area contributed by atoms with Crippen LogP contribution in [0.15, 0.2) is 71.1 Å². The minimum Gasteiger partial charge on any atom is -0.469 e. The summed E-state index contributed by atoms with van der Waals surface area (Å²) in [6.45, 7) is 0.838. The number of allylic oxidation sites excluding steroid dienone is 1. The number of carbonyl (C=O) groups is 3. The number of esters is 3. The molecule has 0 radical (unpaired) electrons. The second-order valence-corrected chi connectivity index (χ2v) is 9.86. The molecular formula is C29H29Cl2NO8. The lowest BCUT2D eigenvalue weighted by atomic mass is 9.77. The summed E-state index contributed by atoms with van der Waals surface area (Å²) in [5, 5.41) is 3.59. The van der Waals surface area contributed by atoms with Gasteiger partial charge >= 0.3 is 17.9 Å². The molecule has 212 valence electrons. The standard InChI is InChI=1S/C29H29Cl2NO8/c1-36-22(33)15-21-25(28(35)38-3)26(23-18(30)10-7-11-19(23)31)24(27(34)37-2)20(32-21)14-17(29-39-12-13-40-29)16-8-5-4-6-9-16/h4-11,17,26,29,32H,12-15H2,1-3H3. The summed E-state index contributed by atoms with van der Waals surface area (Å²) in [7, 11) is 3.68. The van der Waals surface area contributed by atoms with Gasteiger partial charge in [-0.1, -0.05) is 59.6 Å². The summed E-state index contributed by atoms with van der Waals surface area (Å²) in [6.07, 6.45) is -0.728. The largest absolute Gasteiger partial charge is 0.469 e. The number of dihydropyridines is 1. The molecular weight excluding hydrogens is 561 g/mol. The molecule has 2 heterocycles. The monoisotopic (exact) mass is 589 g/mol. The highest BCUT2D eigenvalue weighted by Crippen LogP contribution is 2.47. The van der Waals surface area contributed by atoms with E-state index in [2.05, 4.69) is 5.32 Å². The second kappa shape index (κ2) is 13.3. The highest BCUT2D eigenvalue weighted by molar-refractivity contribution is 6.36. The van der Waals surface area contributed by atoms with E-state index >= 15 is 0 Å². The topological polar surface area (TPSA) is 109 Å². The molecule has 40 heavy (non-hydrogen) atoms. The third-order valence-corrected chi connectivity index (χ3v) is 7.46. The Morgan fingerprint density at radius 1 is 0.850 bits per heavy atom. The van der Waals surface area contributed by atoms with E-state index in [1.54, 1.807) is 18.2 Å². The maximum Gasteiger partial charge on any atom is 0.336 e. The number of rotatable bonds is 9. The van der Waals surface area contributed by atoms with E-state index in [9.17, 15) is 14.4 Å². The fourth-order valence-corrected chi connectivity index (χ4v) is 5.62. The van der Waals surface area contributed by atoms with Crippen LogP contribution in [0.4, 0.5) is 0 Å². The first-order valence-electron chi connectivity index (χ1n) is 12.5. The van der Waals surface area contributed by atoms with Crippen molar-refractivity contribution in [2.45, 2.75) is 31.0 Å². The number of halogens is 2. The third kappa shape index (κ3) is 6.18. The molecule has 1 saturated heterocycles. The first-order valence-corrected chi connectivity index (χ1v) is 13.2. The van der Waals surface area contributed by atoms with Crippen LogP contribution in [-0.4, -0.2) is 58.7 Å². The van der Waals surface area contributed by atoms with Crippen molar-refractivity contribution in [1.82, 2.24) is 5.32 Å². The summed E-state index contributed by atoms with van der Waals surface area (Å²) in [4.78, 5) is 39.3. The maximum atomic E-state index is 13.5. The number of nitrogens with one attached hydrogen (secondary N) is 1. The van der Waals surface area contributed by atoms with Gasteiger partial charge in [0.1, 0.15) is 0 Å². The maximum absolute atomic E-state index is 13.5. The molecule has 1 N–H and O–H groups in total. The fourth-order valence-electron chi connectivity index (χ4n) is 5.00. The normalized spacial score (nSPS) is 18.3. The smallest absolute Gasteiger partial charge is 0.336 e. The molecule has 0 bridgehead atoms. The third-order valence-electron chi connectivity index (χ3n) is 6.81. The zero-order chi connectivity index (χ0) is 28.8. The van der Waals surface area contributed by atoms with Crippen molar-refractivity contribution in [1.29, 1.82) is 0 Å². The van der Waals surface area contributed by atoms with E-state index in [-0.39, 0.29) is 51.2 Å². The van der Waals surface area contributed by atoms with Crippen molar-refractivity contribution < 1.29 is 38.1 Å². The van der Waals surface area contributed by atoms with E-state index in [0.29, 0.717) is 18.9 Å². The highest BCUT2D eigenvalue weighted by Gasteiger charge is 2.43. The molecule has 2 aliphatic rings. The molecule has 0 saturated carbocycles. The van der Waals surface area contributed by atoms with E-state index < -0.39 is 30.1 Å². The Bertz CT molecular complexity index is 1310. The molecule has 0 aliphatic carbocycles. The predicted molar refractivity (Wildman–Crippen MR) is 147 cm³/mol. The number of hydrogen-bond acceptors (Lipinski definition) is 9. The molecule has 2 aliphatic heterocycles. The molecule has 11 heteroatoms. The van der Waals surface area contributed by atoms with Gasteiger partial charge in [0, 0.05) is 32.9 Å². The van der Waals surface area contributed by atoms with Crippen molar-refractivity contribution in [3.8, 4) is 0 Å². The van der Waals surface area contributed by atoms with Crippen LogP contribution in [0.25, 0.3) is 0 Å². The average Bonchev–Trinajstić information content (AvgIpc) is 3.50. The number of hydrogen-bond donors (Lipinski definition) is 1. The van der Waals surface area contributed by atoms with Crippen LogP contribution in [0.5, 0.6) is 0 Å². The Labute approximate surface area is 242 Å². The fraction of sp³-hybridized carbons (Fsp3) is 0.345. The van der Waals surface area contributed by atoms with Gasteiger partial charge in [0.15, 0.2) is 6.29 Å². The van der Waals surface area contributed by atoms with Gasteiger partial charge in [0.25, 0.3) is 0 Å². The van der Waals surface area contributed by atoms with Gasteiger partial charge in [-0.25, -0.2) is 9.59 Å². The molecule has 0 aromatic heterocycles. The van der Waals surface area contributed by atoms with Crippen molar-refractivity contribution in [2.75, 3.05) is 34.5 Å². The minimum atomic E-state index is -1.13. The lowest BCUT2D eigenvalue weighted by Crippen LogP contribution is -2.36. The Kier molecular flexibility index (Phi) is 9.86. The van der Waals surface area contributed by atoms with Gasteiger partial charge < -0.3 is 29.0 Å². The van der Waals surface area contributed by atoms with E-state index in [4.69, 9.17) is 46.9 Å². The molecule has 1 fully saturated rings. The SMILES string of the molecule is COC(=O)CC1=C(C(=O)OC)C(c2c(Cl)cccc2Cl)C(C(=O)OC)=C(CC(c2ccccc2)C2OCCO2)N1. The van der Waals surface area contributed by atoms with Crippen molar-refractivity contribution >= 4 is 41.1 Å². The lowest BCUT2D eigenvalue weighted by molar-refractivity contribution is -0.139. The highest BCUT2D eigenvalue weighted by atomic mass is 35.5. The molecule has 0 amide bonds. The lowest BCUT2D eigenvalue weighted by Gasteiger charge is -2.34. The van der Waals surface area contributed by atoms with Crippen molar-refractivity contribution in [3.63, 3.8) is 0 Å². The molecule has 2 aromatic carbocycles. The van der Waals surface area contributed by atoms with Crippen LogP contribution < -0.4 is 5.32 Å². The number of carbonyl (C=O) groups excluding carboxylic acids is 3. The molecule has 9 nitrogen and oxygen atoms in total. The first-order chi connectivity index (χ1) is 19.3. The van der Waals surface area contributed by atoms with Crippen LogP contribution >= 0.6 is 23.2 Å². The van der Waals surface area contributed by atoms with Crippen molar-refractivity contribution in [2.24, 2.45) is 0 Å². The summed E-state index contributed by atoms with van der Waals surface area (Å²) < 4.78 is 27.0. The van der Waals surface area contributed by atoms with Crippen LogP contribution in [0.1, 0.15) is 35.8 Å². The quantitative estimate of drug-likeness (QED) is 0.330. The van der Waals surface area contributed by atoms with E-state index in [0.717, 1.165) is 5.56 Å². The Balaban J connectivity index is 1.98. The average molecular weight is 590 g/mol. The van der Waals surface area contributed by atoms with E-state index in [1.165, 1.54) is 21.3 Å². The van der Waals surface area contributed by atoms with Gasteiger partial charge in [-0.2, -0.15) is 0 Å². The van der Waals surface area contributed by atoms with Crippen LogP contribution in [0.3, 0.4) is 0 Å². The van der Waals surface area contributed by atoms with Crippen LogP contribution in [-0.2, 0) is 38.1 Å². The minimum absolute atomic E-state index is 0.0170. The van der Waals surface area contributed by atoms with Crippen LogP contribution in [0, 0.1) is 0 Å². The van der Waals surface area contributed by atoms with Gasteiger partial charge in [0.05, 0.1) is 58.0 Å². The van der Waals surface area contributed by atoms with Gasteiger partial charge in [0.2, 0.25) is 0 Å². The summed E-state index contributed by atoms with van der Waals surface area (Å²) in [5.41, 5.74) is 1.83. The Hall–Kier alpha value is -3.37. The number of methoxy groups -OCH3 is 3. The van der Waals surface area contributed by atoms with E-state index in [1.807, 2.05) is 30.3 Å². The predicted octanol–water partition coefficient (Wildman–Crippen LogP) is 4.64.